The van der Waals surface area contributed by atoms with Gasteiger partial charge in [-0.15, -0.1) is 0 Å². The van der Waals surface area contributed by atoms with Crippen molar-refractivity contribution in [3.8, 4) is 5.75 Å². The molecule has 4 heteroatoms. The Kier molecular flexibility index (Phi) is 6.03. The minimum absolute atomic E-state index is 0.130. The fraction of sp³-hybridized carbons (Fsp3) is 0.353. The Morgan fingerprint density at radius 2 is 2.05 bits per heavy atom. The predicted molar refractivity (Wildman–Crippen MR) is 83.9 cm³/mol. The summed E-state index contributed by atoms with van der Waals surface area (Å²) < 4.78 is 5.73. The van der Waals surface area contributed by atoms with E-state index in [1.54, 1.807) is 12.1 Å². The van der Waals surface area contributed by atoms with Crippen LogP contribution in [0.25, 0.3) is 0 Å². The number of benzene rings is 1. The molecule has 112 valence electrons. The Bertz CT molecular complexity index is 518. The third-order valence-corrected chi connectivity index (χ3v) is 3.17. The largest absolute Gasteiger partial charge is 0.458 e. The van der Waals surface area contributed by atoms with E-state index in [-0.39, 0.29) is 5.91 Å². The van der Waals surface area contributed by atoms with Crippen LogP contribution in [-0.4, -0.2) is 12.5 Å². The molecule has 21 heavy (non-hydrogen) atoms. The van der Waals surface area contributed by atoms with Crippen molar-refractivity contribution in [2.45, 2.75) is 32.6 Å². The number of hydrogen-bond acceptors (Lipinski definition) is 3. The Hall–Kier alpha value is -2.07. The second-order valence-corrected chi connectivity index (χ2v) is 4.95. The molecular weight excluding hydrogens is 264 g/mol. The number of carbonyl (C=O) groups excluding carboxylic acids is 1. The highest BCUT2D eigenvalue weighted by molar-refractivity contribution is 5.93. The minimum Gasteiger partial charge on any atom is -0.458 e. The lowest BCUT2D eigenvalue weighted by molar-refractivity contribution is 0.0933. The summed E-state index contributed by atoms with van der Waals surface area (Å²) in [6.07, 6.45) is 10.3. The molecule has 0 aliphatic heterocycles. The third kappa shape index (κ3) is 5.08. The summed E-state index contributed by atoms with van der Waals surface area (Å²) in [5.74, 6) is 1.47. The van der Waals surface area contributed by atoms with Crippen molar-refractivity contribution in [3.05, 3.63) is 53.8 Å². The van der Waals surface area contributed by atoms with Crippen LogP contribution in [0.4, 0.5) is 0 Å². The van der Waals surface area contributed by atoms with E-state index in [1.165, 1.54) is 0 Å². The molecule has 2 rings (SSSR count). The summed E-state index contributed by atoms with van der Waals surface area (Å²) in [5, 5.41) is 0. The van der Waals surface area contributed by atoms with Gasteiger partial charge in [0.2, 0.25) is 0 Å². The molecule has 0 aromatic heterocycles. The fourth-order valence-corrected chi connectivity index (χ4v) is 1.96. The summed E-state index contributed by atoms with van der Waals surface area (Å²) in [5.41, 5.74) is 6.21. The van der Waals surface area contributed by atoms with Gasteiger partial charge in [0, 0.05) is 12.1 Å². The number of carbonyl (C=O) groups is 1. The van der Waals surface area contributed by atoms with Crippen LogP contribution >= 0.6 is 0 Å². The summed E-state index contributed by atoms with van der Waals surface area (Å²) in [6, 6.07) is 7.15. The Morgan fingerprint density at radius 3 is 2.71 bits per heavy atom. The fourth-order valence-electron chi connectivity index (χ4n) is 1.96. The van der Waals surface area contributed by atoms with Crippen molar-refractivity contribution in [2.24, 2.45) is 0 Å². The molecule has 1 aliphatic carbocycles. The molecular formula is C17H22N2O2. The molecule has 1 aromatic carbocycles. The molecule has 0 radical (unpaired) electrons. The topological polar surface area (TPSA) is 50.4 Å². The van der Waals surface area contributed by atoms with E-state index < -0.39 is 0 Å². The van der Waals surface area contributed by atoms with Gasteiger partial charge in [-0.05, 0) is 55.7 Å². The van der Waals surface area contributed by atoms with Gasteiger partial charge in [-0.1, -0.05) is 19.4 Å². The van der Waals surface area contributed by atoms with Crippen LogP contribution in [0, 0.1) is 0 Å². The van der Waals surface area contributed by atoms with E-state index in [4.69, 9.17) is 4.74 Å². The highest BCUT2D eigenvalue weighted by Crippen LogP contribution is 2.18. The molecule has 1 aromatic rings. The van der Waals surface area contributed by atoms with Gasteiger partial charge in [0.1, 0.15) is 11.5 Å². The predicted octanol–water partition coefficient (Wildman–Crippen LogP) is 3.33. The number of allylic oxidation sites excluding steroid dienone is 3. The van der Waals surface area contributed by atoms with Gasteiger partial charge in [-0.3, -0.25) is 10.2 Å². The summed E-state index contributed by atoms with van der Waals surface area (Å²) in [6.45, 7) is 2.89. The molecule has 0 atom stereocenters. The maximum absolute atomic E-state index is 11.9. The average molecular weight is 286 g/mol. The van der Waals surface area contributed by atoms with Gasteiger partial charge < -0.3 is 4.74 Å². The van der Waals surface area contributed by atoms with Gasteiger partial charge in [-0.2, -0.15) is 0 Å². The molecule has 1 amide bonds. The molecule has 4 nitrogen and oxygen atoms in total. The van der Waals surface area contributed by atoms with Crippen molar-refractivity contribution >= 4 is 5.91 Å². The molecule has 2 N–H and O–H groups in total. The van der Waals surface area contributed by atoms with Crippen molar-refractivity contribution in [3.63, 3.8) is 0 Å². The first kappa shape index (κ1) is 15.3. The van der Waals surface area contributed by atoms with Crippen molar-refractivity contribution < 1.29 is 9.53 Å². The lowest BCUT2D eigenvalue weighted by atomic mass is 10.2. The highest BCUT2D eigenvalue weighted by atomic mass is 16.5. The zero-order valence-corrected chi connectivity index (χ0v) is 12.4. The molecule has 1 aliphatic rings. The molecule has 0 heterocycles. The van der Waals surface area contributed by atoms with Crippen molar-refractivity contribution in [2.75, 3.05) is 6.54 Å². The van der Waals surface area contributed by atoms with Gasteiger partial charge >= 0.3 is 0 Å². The van der Waals surface area contributed by atoms with E-state index >= 15 is 0 Å². The highest BCUT2D eigenvalue weighted by Gasteiger charge is 2.06. The van der Waals surface area contributed by atoms with E-state index in [2.05, 4.69) is 29.9 Å². The Labute approximate surface area is 125 Å². The first-order valence-electron chi connectivity index (χ1n) is 7.47. The lowest BCUT2D eigenvalue weighted by Gasteiger charge is -2.10. The van der Waals surface area contributed by atoms with Crippen LogP contribution < -0.4 is 15.6 Å². The average Bonchev–Trinajstić information content (AvgIpc) is 2.53. The van der Waals surface area contributed by atoms with Crippen molar-refractivity contribution in [1.29, 1.82) is 0 Å². The van der Waals surface area contributed by atoms with Crippen LogP contribution in [-0.2, 0) is 0 Å². The lowest BCUT2D eigenvalue weighted by Crippen LogP contribution is -2.37. The quantitative estimate of drug-likeness (QED) is 0.597. The summed E-state index contributed by atoms with van der Waals surface area (Å²) in [4.78, 5) is 11.9. The smallest absolute Gasteiger partial charge is 0.265 e. The van der Waals surface area contributed by atoms with Gasteiger partial charge in [0.25, 0.3) is 5.91 Å². The van der Waals surface area contributed by atoms with E-state index in [0.717, 1.165) is 43.7 Å². The van der Waals surface area contributed by atoms with Crippen LogP contribution in [0.1, 0.15) is 43.0 Å². The van der Waals surface area contributed by atoms with Gasteiger partial charge in [0.15, 0.2) is 0 Å². The first-order valence-corrected chi connectivity index (χ1v) is 7.47. The number of hydrogen-bond donors (Lipinski definition) is 2. The molecule has 0 spiro atoms. The van der Waals surface area contributed by atoms with E-state index in [1.807, 2.05) is 18.2 Å². The van der Waals surface area contributed by atoms with Crippen molar-refractivity contribution in [1.82, 2.24) is 10.9 Å². The second-order valence-electron chi connectivity index (χ2n) is 4.95. The molecule has 0 saturated carbocycles. The van der Waals surface area contributed by atoms with E-state index in [0.29, 0.717) is 5.56 Å². The Balaban J connectivity index is 1.85. The zero-order chi connectivity index (χ0) is 14.9. The first-order chi connectivity index (χ1) is 10.3. The zero-order valence-electron chi connectivity index (χ0n) is 12.4. The standard InChI is InChI=1S/C17H22N2O2/c1-2-3-13-18-19-17(20)14-9-11-16(12-10-14)21-15-7-5-4-6-8-15/h5,7-12,18H,2-4,6,13H2,1H3,(H,19,20). The number of amides is 1. The number of nitrogens with one attached hydrogen (secondary N) is 2. The number of rotatable bonds is 7. The molecule has 0 fully saturated rings. The number of hydrazine groups is 1. The van der Waals surface area contributed by atoms with E-state index in [9.17, 15) is 4.79 Å². The number of unbranched alkanes of at least 4 members (excludes halogenated alkanes) is 1. The monoisotopic (exact) mass is 286 g/mol. The summed E-state index contributed by atoms with van der Waals surface area (Å²) >= 11 is 0. The summed E-state index contributed by atoms with van der Waals surface area (Å²) in [7, 11) is 0. The number of ether oxygens (including phenoxy) is 1. The third-order valence-electron chi connectivity index (χ3n) is 3.17. The van der Waals surface area contributed by atoms with Gasteiger partial charge in [-0.25, -0.2) is 5.43 Å². The van der Waals surface area contributed by atoms with Crippen LogP contribution in [0.3, 0.4) is 0 Å². The van der Waals surface area contributed by atoms with Crippen LogP contribution in [0.5, 0.6) is 5.75 Å². The van der Waals surface area contributed by atoms with Crippen LogP contribution in [0.15, 0.2) is 48.3 Å². The second kappa shape index (κ2) is 8.27. The normalized spacial score (nSPS) is 13.7. The molecule has 0 bridgehead atoms. The maximum atomic E-state index is 11.9. The minimum atomic E-state index is -0.130. The molecule has 0 unspecified atom stereocenters. The van der Waals surface area contributed by atoms with Gasteiger partial charge in [0.05, 0.1) is 0 Å². The Morgan fingerprint density at radius 1 is 1.24 bits per heavy atom. The molecule has 0 saturated heterocycles. The SMILES string of the molecule is CCCCNNC(=O)c1ccc(OC2=CCCC=C2)cc1. The maximum Gasteiger partial charge on any atom is 0.265 e. The van der Waals surface area contributed by atoms with Crippen LogP contribution in [0.2, 0.25) is 0 Å².